The zero-order valence-corrected chi connectivity index (χ0v) is 10.1. The molecule has 2 aliphatic rings. The first-order valence-electron chi connectivity index (χ1n) is 6.66. The van der Waals surface area contributed by atoms with Crippen LogP contribution in [-0.4, -0.2) is 23.3 Å². The van der Waals surface area contributed by atoms with Gasteiger partial charge in [-0.15, -0.1) is 0 Å². The van der Waals surface area contributed by atoms with E-state index in [1.165, 1.54) is 12.0 Å². The van der Waals surface area contributed by atoms with Crippen molar-refractivity contribution in [1.82, 2.24) is 4.90 Å². The smallest absolute Gasteiger partial charge is 0.153 e. The van der Waals surface area contributed by atoms with Gasteiger partial charge < -0.3 is 0 Å². The molecule has 0 amide bonds. The first kappa shape index (κ1) is 11.0. The number of carbonyl (C=O) groups excluding carboxylic acids is 1. The number of nitrogens with zero attached hydrogens (tertiary/aromatic N) is 1. The molecule has 2 fully saturated rings. The SMILES string of the molecule is O=C(C1CC1)C1CCCN1Cc1ccccc1. The summed E-state index contributed by atoms with van der Waals surface area (Å²) in [4.78, 5) is 14.5. The van der Waals surface area contributed by atoms with E-state index in [-0.39, 0.29) is 6.04 Å². The van der Waals surface area contributed by atoms with Crippen molar-refractivity contribution in [2.45, 2.75) is 38.3 Å². The lowest BCUT2D eigenvalue weighted by Crippen LogP contribution is -2.36. The molecule has 0 radical (unpaired) electrons. The Bertz CT molecular complexity index is 397. The van der Waals surface area contributed by atoms with E-state index >= 15 is 0 Å². The van der Waals surface area contributed by atoms with Gasteiger partial charge in [-0.05, 0) is 37.8 Å². The number of ketones is 1. The molecule has 1 aliphatic heterocycles. The number of Topliss-reactive ketones (excluding diaryl/α,β-unsaturated/α-hetero) is 1. The number of hydrogen-bond acceptors (Lipinski definition) is 2. The second kappa shape index (κ2) is 4.61. The zero-order valence-electron chi connectivity index (χ0n) is 10.1. The van der Waals surface area contributed by atoms with Crippen molar-refractivity contribution in [3.63, 3.8) is 0 Å². The van der Waals surface area contributed by atoms with E-state index in [0.717, 1.165) is 32.4 Å². The molecule has 17 heavy (non-hydrogen) atoms. The fraction of sp³-hybridized carbons (Fsp3) is 0.533. The van der Waals surface area contributed by atoms with Crippen molar-refractivity contribution in [3.8, 4) is 0 Å². The van der Waals surface area contributed by atoms with Gasteiger partial charge in [0.25, 0.3) is 0 Å². The van der Waals surface area contributed by atoms with E-state index in [1.807, 2.05) is 6.07 Å². The Labute approximate surface area is 103 Å². The maximum absolute atomic E-state index is 12.2. The van der Waals surface area contributed by atoms with Crippen LogP contribution in [0.1, 0.15) is 31.2 Å². The molecule has 2 nitrogen and oxygen atoms in total. The average Bonchev–Trinajstić information content (AvgIpc) is 3.11. The lowest BCUT2D eigenvalue weighted by Gasteiger charge is -2.23. The molecule has 0 spiro atoms. The summed E-state index contributed by atoms with van der Waals surface area (Å²) >= 11 is 0. The van der Waals surface area contributed by atoms with Gasteiger partial charge in [-0.3, -0.25) is 9.69 Å². The molecule has 90 valence electrons. The molecule has 0 bridgehead atoms. The second-order valence-corrected chi connectivity index (χ2v) is 5.29. The normalized spacial score (nSPS) is 25.1. The van der Waals surface area contributed by atoms with Crippen molar-refractivity contribution in [2.75, 3.05) is 6.54 Å². The first-order valence-corrected chi connectivity index (χ1v) is 6.66. The molecule has 0 N–H and O–H groups in total. The van der Waals surface area contributed by atoms with Crippen LogP contribution in [0.2, 0.25) is 0 Å². The van der Waals surface area contributed by atoms with E-state index in [2.05, 4.69) is 29.2 Å². The van der Waals surface area contributed by atoms with Crippen LogP contribution in [0.4, 0.5) is 0 Å². The molecule has 1 heterocycles. The minimum atomic E-state index is 0.211. The number of carbonyl (C=O) groups is 1. The molecule has 1 aromatic carbocycles. The van der Waals surface area contributed by atoms with Crippen LogP contribution in [-0.2, 0) is 11.3 Å². The molecular formula is C15H19NO. The van der Waals surface area contributed by atoms with E-state index in [0.29, 0.717) is 11.7 Å². The number of hydrogen-bond donors (Lipinski definition) is 0. The van der Waals surface area contributed by atoms with E-state index in [4.69, 9.17) is 0 Å². The average molecular weight is 229 g/mol. The Hall–Kier alpha value is -1.15. The van der Waals surface area contributed by atoms with Gasteiger partial charge in [-0.2, -0.15) is 0 Å². The molecule has 1 saturated heterocycles. The fourth-order valence-corrected chi connectivity index (χ4v) is 2.80. The Morgan fingerprint density at radius 1 is 1.18 bits per heavy atom. The Morgan fingerprint density at radius 2 is 1.94 bits per heavy atom. The molecule has 0 aromatic heterocycles. The summed E-state index contributed by atoms with van der Waals surface area (Å²) < 4.78 is 0. The highest BCUT2D eigenvalue weighted by Gasteiger charge is 2.39. The lowest BCUT2D eigenvalue weighted by molar-refractivity contribution is -0.124. The minimum Gasteiger partial charge on any atom is -0.298 e. The highest BCUT2D eigenvalue weighted by atomic mass is 16.1. The number of rotatable bonds is 4. The Morgan fingerprint density at radius 3 is 2.65 bits per heavy atom. The van der Waals surface area contributed by atoms with Gasteiger partial charge >= 0.3 is 0 Å². The predicted octanol–water partition coefficient (Wildman–Crippen LogP) is 2.63. The summed E-state index contributed by atoms with van der Waals surface area (Å²) in [7, 11) is 0. The van der Waals surface area contributed by atoms with Gasteiger partial charge in [-0.25, -0.2) is 0 Å². The quantitative estimate of drug-likeness (QED) is 0.791. The summed E-state index contributed by atoms with van der Waals surface area (Å²) in [5, 5.41) is 0. The lowest BCUT2D eigenvalue weighted by atomic mass is 10.1. The number of likely N-dealkylation sites (tertiary alicyclic amines) is 1. The summed E-state index contributed by atoms with van der Waals surface area (Å²) in [6, 6.07) is 10.7. The highest BCUT2D eigenvalue weighted by Crippen LogP contribution is 2.34. The van der Waals surface area contributed by atoms with Crippen molar-refractivity contribution in [1.29, 1.82) is 0 Å². The fourth-order valence-electron chi connectivity index (χ4n) is 2.80. The standard InChI is InChI=1S/C15H19NO/c17-15(13-8-9-13)14-7-4-10-16(14)11-12-5-2-1-3-6-12/h1-3,5-6,13-14H,4,7-11H2. The maximum Gasteiger partial charge on any atom is 0.153 e. The third kappa shape index (κ3) is 2.42. The second-order valence-electron chi connectivity index (χ2n) is 5.29. The van der Waals surface area contributed by atoms with Crippen LogP contribution in [0, 0.1) is 5.92 Å². The molecule has 1 aromatic rings. The molecule has 3 rings (SSSR count). The van der Waals surface area contributed by atoms with Crippen LogP contribution in [0.15, 0.2) is 30.3 Å². The van der Waals surface area contributed by atoms with E-state index in [1.54, 1.807) is 0 Å². The van der Waals surface area contributed by atoms with Crippen LogP contribution < -0.4 is 0 Å². The van der Waals surface area contributed by atoms with Crippen LogP contribution in [0.25, 0.3) is 0 Å². The first-order chi connectivity index (χ1) is 8.34. The Kier molecular flexibility index (Phi) is 2.98. The maximum atomic E-state index is 12.2. The van der Waals surface area contributed by atoms with Gasteiger partial charge in [0, 0.05) is 12.5 Å². The summed E-state index contributed by atoms with van der Waals surface area (Å²) in [5.41, 5.74) is 1.32. The molecule has 2 heteroatoms. The molecule has 1 saturated carbocycles. The minimum absolute atomic E-state index is 0.211. The van der Waals surface area contributed by atoms with Crippen LogP contribution in [0.3, 0.4) is 0 Å². The molecule has 1 unspecified atom stereocenters. The van der Waals surface area contributed by atoms with Crippen molar-refractivity contribution in [3.05, 3.63) is 35.9 Å². The van der Waals surface area contributed by atoms with E-state index < -0.39 is 0 Å². The Balaban J connectivity index is 1.67. The molecule has 1 atom stereocenters. The third-order valence-electron chi connectivity index (χ3n) is 3.90. The van der Waals surface area contributed by atoms with Gasteiger partial charge in [0.1, 0.15) is 0 Å². The van der Waals surface area contributed by atoms with Crippen LogP contribution >= 0.6 is 0 Å². The van der Waals surface area contributed by atoms with Crippen molar-refractivity contribution >= 4 is 5.78 Å². The molecule has 1 aliphatic carbocycles. The van der Waals surface area contributed by atoms with Crippen LogP contribution in [0.5, 0.6) is 0 Å². The largest absolute Gasteiger partial charge is 0.298 e. The third-order valence-corrected chi connectivity index (χ3v) is 3.90. The van der Waals surface area contributed by atoms with Crippen molar-refractivity contribution < 1.29 is 4.79 Å². The predicted molar refractivity (Wildman–Crippen MR) is 67.6 cm³/mol. The summed E-state index contributed by atoms with van der Waals surface area (Å²) in [6.07, 6.45) is 4.52. The van der Waals surface area contributed by atoms with Gasteiger partial charge in [0.15, 0.2) is 5.78 Å². The molecular weight excluding hydrogens is 210 g/mol. The highest BCUT2D eigenvalue weighted by molar-refractivity contribution is 5.88. The monoisotopic (exact) mass is 229 g/mol. The zero-order chi connectivity index (χ0) is 11.7. The van der Waals surface area contributed by atoms with E-state index in [9.17, 15) is 4.79 Å². The number of benzene rings is 1. The summed E-state index contributed by atoms with van der Waals surface area (Å²) in [5.74, 6) is 0.912. The van der Waals surface area contributed by atoms with Gasteiger partial charge in [-0.1, -0.05) is 30.3 Å². The summed E-state index contributed by atoms with van der Waals surface area (Å²) in [6.45, 7) is 2.02. The van der Waals surface area contributed by atoms with Gasteiger partial charge in [0.2, 0.25) is 0 Å². The van der Waals surface area contributed by atoms with Gasteiger partial charge in [0.05, 0.1) is 6.04 Å². The van der Waals surface area contributed by atoms with Crippen molar-refractivity contribution in [2.24, 2.45) is 5.92 Å². The topological polar surface area (TPSA) is 20.3 Å².